The third-order valence-electron chi connectivity index (χ3n) is 4.80. The summed E-state index contributed by atoms with van der Waals surface area (Å²) in [6.07, 6.45) is 0.702. The number of β-amino-alcohol motifs (C(OH)–C–C–N with tert-alkyl or cyclic N) is 1. The average molecular weight is 297 g/mol. The number of benzene rings is 1. The number of aryl methyl sites for hydroxylation is 3. The van der Waals surface area contributed by atoms with Crippen molar-refractivity contribution in [3.8, 4) is 0 Å². The molecule has 2 heterocycles. The van der Waals surface area contributed by atoms with Gasteiger partial charge in [-0.25, -0.2) is 9.97 Å². The summed E-state index contributed by atoms with van der Waals surface area (Å²) < 4.78 is 0. The van der Waals surface area contributed by atoms with Gasteiger partial charge in [-0.3, -0.25) is 0 Å². The van der Waals surface area contributed by atoms with Crippen LogP contribution >= 0.6 is 0 Å². The number of nitrogens with zero attached hydrogens (tertiary/aromatic N) is 3. The molecule has 1 fully saturated rings. The van der Waals surface area contributed by atoms with Crippen molar-refractivity contribution in [1.29, 1.82) is 0 Å². The Bertz CT molecular complexity index is 690. The topological polar surface area (TPSA) is 49.2 Å². The molecule has 3 rings (SSSR count). The molecule has 0 radical (unpaired) electrons. The van der Waals surface area contributed by atoms with E-state index < -0.39 is 5.60 Å². The highest BCUT2D eigenvalue weighted by molar-refractivity contribution is 5.42. The molecule has 1 aromatic carbocycles. The minimum absolute atomic E-state index is 0.541. The largest absolute Gasteiger partial charge is 0.383 e. The maximum atomic E-state index is 11.1. The van der Waals surface area contributed by atoms with Gasteiger partial charge in [0.1, 0.15) is 5.60 Å². The lowest BCUT2D eigenvalue weighted by molar-refractivity contribution is 0.0599. The lowest BCUT2D eigenvalue weighted by Gasteiger charge is -2.26. The molecule has 1 atom stereocenters. The minimum atomic E-state index is -0.818. The fourth-order valence-corrected chi connectivity index (χ4v) is 3.18. The van der Waals surface area contributed by atoms with E-state index in [9.17, 15) is 5.11 Å². The molecule has 4 heteroatoms. The summed E-state index contributed by atoms with van der Waals surface area (Å²) in [4.78, 5) is 11.3. The molecule has 22 heavy (non-hydrogen) atoms. The second-order valence-electron chi connectivity index (χ2n) is 6.34. The van der Waals surface area contributed by atoms with Gasteiger partial charge in [0, 0.05) is 17.9 Å². The quantitative estimate of drug-likeness (QED) is 0.926. The zero-order chi connectivity index (χ0) is 15.9. The van der Waals surface area contributed by atoms with E-state index in [2.05, 4.69) is 14.9 Å². The summed E-state index contributed by atoms with van der Waals surface area (Å²) in [5, 5.41) is 11.1. The third-order valence-corrected chi connectivity index (χ3v) is 4.80. The van der Waals surface area contributed by atoms with Crippen LogP contribution in [0.3, 0.4) is 0 Å². The molecule has 1 aromatic heterocycles. The summed E-state index contributed by atoms with van der Waals surface area (Å²) >= 11 is 0. The minimum Gasteiger partial charge on any atom is -0.383 e. The molecular formula is C18H23N3O. The Kier molecular flexibility index (Phi) is 3.65. The molecule has 0 bridgehead atoms. The van der Waals surface area contributed by atoms with E-state index >= 15 is 0 Å². The van der Waals surface area contributed by atoms with E-state index in [1.165, 1.54) is 0 Å². The molecule has 0 saturated carbocycles. The third kappa shape index (κ3) is 2.48. The van der Waals surface area contributed by atoms with Crippen LogP contribution in [0.25, 0.3) is 0 Å². The first-order valence-corrected chi connectivity index (χ1v) is 7.76. The van der Waals surface area contributed by atoms with Crippen LogP contribution < -0.4 is 4.90 Å². The standard InChI is InChI=1S/C18H23N3O/c1-12-7-5-6-8-16(12)18(22)9-10-21(11-18)17-19-14(3)13(2)15(4)20-17/h5-8,22H,9-11H2,1-4H3. The first kappa shape index (κ1) is 15.0. The van der Waals surface area contributed by atoms with Gasteiger partial charge in [0.15, 0.2) is 0 Å². The first-order valence-electron chi connectivity index (χ1n) is 7.76. The van der Waals surface area contributed by atoms with Gasteiger partial charge in [-0.05, 0) is 50.8 Å². The summed E-state index contributed by atoms with van der Waals surface area (Å²) in [7, 11) is 0. The second-order valence-corrected chi connectivity index (χ2v) is 6.34. The maximum Gasteiger partial charge on any atom is 0.225 e. The Morgan fingerprint density at radius 1 is 1.05 bits per heavy atom. The molecule has 1 N–H and O–H groups in total. The summed E-state index contributed by atoms with van der Waals surface area (Å²) in [5.74, 6) is 0.727. The zero-order valence-corrected chi connectivity index (χ0v) is 13.7. The van der Waals surface area contributed by atoms with Gasteiger partial charge in [0.25, 0.3) is 0 Å². The van der Waals surface area contributed by atoms with Crippen molar-refractivity contribution in [3.05, 3.63) is 52.3 Å². The number of aromatic nitrogens is 2. The van der Waals surface area contributed by atoms with Gasteiger partial charge in [-0.2, -0.15) is 0 Å². The Hall–Kier alpha value is -1.94. The van der Waals surface area contributed by atoms with Crippen LogP contribution in [0.4, 0.5) is 5.95 Å². The van der Waals surface area contributed by atoms with Gasteiger partial charge in [0.2, 0.25) is 5.95 Å². The van der Waals surface area contributed by atoms with Gasteiger partial charge < -0.3 is 10.0 Å². The van der Waals surface area contributed by atoms with E-state index in [1.54, 1.807) is 0 Å². The molecule has 116 valence electrons. The van der Waals surface area contributed by atoms with Crippen LogP contribution in [0.15, 0.2) is 24.3 Å². The van der Waals surface area contributed by atoms with Crippen LogP contribution in [0, 0.1) is 27.7 Å². The van der Waals surface area contributed by atoms with Crippen molar-refractivity contribution < 1.29 is 5.11 Å². The molecule has 0 spiro atoms. The van der Waals surface area contributed by atoms with Gasteiger partial charge in [-0.1, -0.05) is 24.3 Å². The first-order chi connectivity index (χ1) is 10.4. The van der Waals surface area contributed by atoms with Crippen LogP contribution in [-0.4, -0.2) is 28.2 Å². The van der Waals surface area contributed by atoms with E-state index in [-0.39, 0.29) is 0 Å². The smallest absolute Gasteiger partial charge is 0.225 e. The number of hydrogen-bond acceptors (Lipinski definition) is 4. The Labute approximate surface area is 131 Å². The van der Waals surface area contributed by atoms with E-state index in [1.807, 2.05) is 52.0 Å². The van der Waals surface area contributed by atoms with Crippen LogP contribution in [0.2, 0.25) is 0 Å². The van der Waals surface area contributed by atoms with Gasteiger partial charge in [0.05, 0.1) is 6.54 Å². The molecule has 4 nitrogen and oxygen atoms in total. The SMILES string of the molecule is Cc1ccccc1C1(O)CCN(c2nc(C)c(C)c(C)n2)C1. The number of hydrogen-bond donors (Lipinski definition) is 1. The molecule has 1 aliphatic heterocycles. The van der Waals surface area contributed by atoms with Crippen LogP contribution in [0.5, 0.6) is 0 Å². The molecule has 1 aliphatic rings. The average Bonchev–Trinajstić information content (AvgIpc) is 2.88. The lowest BCUT2D eigenvalue weighted by atomic mass is 9.89. The molecule has 0 amide bonds. The number of anilines is 1. The molecule has 0 aliphatic carbocycles. The van der Waals surface area contributed by atoms with E-state index in [4.69, 9.17) is 0 Å². The summed E-state index contributed by atoms with van der Waals surface area (Å²) in [6.45, 7) is 9.43. The van der Waals surface area contributed by atoms with Crippen LogP contribution in [0.1, 0.15) is 34.5 Å². The van der Waals surface area contributed by atoms with Crippen molar-refractivity contribution in [2.75, 3.05) is 18.0 Å². The fraction of sp³-hybridized carbons (Fsp3) is 0.444. The zero-order valence-electron chi connectivity index (χ0n) is 13.7. The molecular weight excluding hydrogens is 274 g/mol. The van der Waals surface area contributed by atoms with E-state index in [0.717, 1.165) is 40.6 Å². The van der Waals surface area contributed by atoms with Crippen molar-refractivity contribution >= 4 is 5.95 Å². The Morgan fingerprint density at radius 3 is 2.32 bits per heavy atom. The summed E-state index contributed by atoms with van der Waals surface area (Å²) in [5.41, 5.74) is 4.48. The summed E-state index contributed by atoms with van der Waals surface area (Å²) in [6, 6.07) is 8.06. The lowest BCUT2D eigenvalue weighted by Crippen LogP contribution is -2.32. The van der Waals surface area contributed by atoms with Crippen molar-refractivity contribution in [2.45, 2.75) is 39.7 Å². The normalized spacial score (nSPS) is 21.4. The number of aliphatic hydroxyl groups is 1. The molecule has 1 unspecified atom stereocenters. The highest BCUT2D eigenvalue weighted by Gasteiger charge is 2.39. The highest BCUT2D eigenvalue weighted by Crippen LogP contribution is 2.35. The maximum absolute atomic E-state index is 11.1. The van der Waals surface area contributed by atoms with E-state index in [0.29, 0.717) is 13.0 Å². The van der Waals surface area contributed by atoms with Gasteiger partial charge in [-0.15, -0.1) is 0 Å². The monoisotopic (exact) mass is 297 g/mol. The molecule has 1 saturated heterocycles. The highest BCUT2D eigenvalue weighted by atomic mass is 16.3. The van der Waals surface area contributed by atoms with Crippen molar-refractivity contribution in [3.63, 3.8) is 0 Å². The van der Waals surface area contributed by atoms with Crippen LogP contribution in [-0.2, 0) is 5.60 Å². The molecule has 2 aromatic rings. The van der Waals surface area contributed by atoms with Crippen molar-refractivity contribution in [2.24, 2.45) is 0 Å². The van der Waals surface area contributed by atoms with Gasteiger partial charge >= 0.3 is 0 Å². The Balaban J connectivity index is 1.91. The predicted molar refractivity (Wildman–Crippen MR) is 88.1 cm³/mol. The van der Waals surface area contributed by atoms with Crippen molar-refractivity contribution in [1.82, 2.24) is 9.97 Å². The Morgan fingerprint density at radius 2 is 1.68 bits per heavy atom. The second kappa shape index (κ2) is 5.36. The predicted octanol–water partition coefficient (Wildman–Crippen LogP) is 2.81. The fourth-order valence-electron chi connectivity index (χ4n) is 3.18. The number of rotatable bonds is 2.